The zero-order valence-corrected chi connectivity index (χ0v) is 13.0. The van der Waals surface area contributed by atoms with Crippen molar-refractivity contribution in [3.8, 4) is 0 Å². The van der Waals surface area contributed by atoms with E-state index in [1.54, 1.807) is 12.1 Å². The fourth-order valence-electron chi connectivity index (χ4n) is 1.75. The lowest BCUT2D eigenvalue weighted by atomic mass is 10.3. The molecule has 0 saturated carbocycles. The van der Waals surface area contributed by atoms with Gasteiger partial charge in [0.15, 0.2) is 4.90 Å². The number of hydrogen-bond acceptors (Lipinski definition) is 4. The summed E-state index contributed by atoms with van der Waals surface area (Å²) in [5.74, 6) is 0. The molecule has 0 aliphatic heterocycles. The number of aromatic nitrogens is 1. The predicted octanol–water partition coefficient (Wildman–Crippen LogP) is 1.90. The minimum absolute atomic E-state index is 0.286. The number of aromatic amines is 1. The summed E-state index contributed by atoms with van der Waals surface area (Å²) in [7, 11) is -0.304. The molecule has 0 aliphatic rings. The zero-order chi connectivity index (χ0) is 15.6. The van der Waals surface area contributed by atoms with E-state index in [9.17, 15) is 13.2 Å². The summed E-state index contributed by atoms with van der Waals surface area (Å²) in [6.45, 7) is 0. The maximum atomic E-state index is 12.2. The molecule has 0 aliphatic carbocycles. The van der Waals surface area contributed by atoms with Gasteiger partial charge in [-0.05, 0) is 18.2 Å². The molecule has 0 amide bonds. The van der Waals surface area contributed by atoms with Gasteiger partial charge in [0.1, 0.15) is 0 Å². The molecule has 1 heterocycles. The highest BCUT2D eigenvalue weighted by atomic mass is 35.5. The molecule has 0 fully saturated rings. The lowest BCUT2D eigenvalue weighted by Crippen LogP contribution is -2.21. The Hall–Kier alpha value is -1.99. The van der Waals surface area contributed by atoms with Crippen LogP contribution in [0.15, 0.2) is 46.3 Å². The molecule has 6 nitrogen and oxygen atoms in total. The van der Waals surface area contributed by atoms with Gasteiger partial charge in [-0.2, -0.15) is 0 Å². The normalized spacial score (nSPS) is 11.2. The molecule has 0 bridgehead atoms. The van der Waals surface area contributed by atoms with Crippen molar-refractivity contribution in [3.63, 3.8) is 0 Å². The lowest BCUT2D eigenvalue weighted by Gasteiger charge is -2.15. The van der Waals surface area contributed by atoms with Gasteiger partial charge in [0.25, 0.3) is 10.0 Å². The van der Waals surface area contributed by atoms with Gasteiger partial charge in [-0.25, -0.2) is 8.42 Å². The van der Waals surface area contributed by atoms with E-state index in [1.165, 1.54) is 12.3 Å². The maximum absolute atomic E-state index is 12.2. The number of pyridine rings is 1. The fourth-order valence-corrected chi connectivity index (χ4v) is 3.21. The molecular formula is C13H14ClN3O3S. The number of H-pyrrole nitrogens is 1. The number of rotatable bonds is 4. The Labute approximate surface area is 127 Å². The highest BCUT2D eigenvalue weighted by molar-refractivity contribution is 7.92. The first-order valence-corrected chi connectivity index (χ1v) is 7.84. The smallest absolute Gasteiger partial charge is 0.267 e. The first-order chi connectivity index (χ1) is 9.81. The first kappa shape index (κ1) is 15.4. The van der Waals surface area contributed by atoms with E-state index in [-0.39, 0.29) is 10.6 Å². The van der Waals surface area contributed by atoms with E-state index >= 15 is 0 Å². The minimum Gasteiger partial charge on any atom is -0.376 e. The molecule has 0 atom stereocenters. The maximum Gasteiger partial charge on any atom is 0.267 e. The molecule has 2 N–H and O–H groups in total. The molecule has 8 heteroatoms. The Bertz CT molecular complexity index is 815. The Balaban J connectivity index is 2.36. The molecule has 112 valence electrons. The molecule has 0 saturated heterocycles. The van der Waals surface area contributed by atoms with Crippen LogP contribution in [0.4, 0.5) is 11.4 Å². The van der Waals surface area contributed by atoms with Crippen LogP contribution in [0.2, 0.25) is 5.02 Å². The van der Waals surface area contributed by atoms with Gasteiger partial charge in [-0.1, -0.05) is 11.6 Å². The number of sulfonamides is 1. The van der Waals surface area contributed by atoms with Gasteiger partial charge in [-0.3, -0.25) is 9.52 Å². The number of nitrogens with one attached hydrogen (secondary N) is 2. The summed E-state index contributed by atoms with van der Waals surface area (Å²) in [4.78, 5) is 15.6. The SMILES string of the molecule is CN(C)c1ccc(NS(=O)(=O)c2c[nH]ccc2=O)cc1Cl. The third-order valence-electron chi connectivity index (χ3n) is 2.76. The summed E-state index contributed by atoms with van der Waals surface area (Å²) in [5.41, 5.74) is 0.461. The second kappa shape index (κ2) is 5.79. The number of anilines is 2. The van der Waals surface area contributed by atoms with Crippen molar-refractivity contribution in [1.82, 2.24) is 4.98 Å². The number of nitrogens with zero attached hydrogens (tertiary/aromatic N) is 1. The lowest BCUT2D eigenvalue weighted by molar-refractivity contribution is 0.600. The number of benzene rings is 1. The number of hydrogen-bond donors (Lipinski definition) is 2. The Morgan fingerprint density at radius 1 is 1.24 bits per heavy atom. The molecule has 2 aromatic rings. The van der Waals surface area contributed by atoms with Crippen LogP contribution in [-0.4, -0.2) is 27.5 Å². The summed E-state index contributed by atoms with van der Waals surface area (Å²) < 4.78 is 26.7. The van der Waals surface area contributed by atoms with Crippen LogP contribution < -0.4 is 15.1 Å². The average molecular weight is 328 g/mol. The molecule has 2 rings (SSSR count). The van der Waals surface area contributed by atoms with E-state index in [1.807, 2.05) is 19.0 Å². The van der Waals surface area contributed by atoms with Crippen molar-refractivity contribution >= 4 is 33.0 Å². The van der Waals surface area contributed by atoms with E-state index in [0.29, 0.717) is 5.02 Å². The van der Waals surface area contributed by atoms with Gasteiger partial charge in [-0.15, -0.1) is 0 Å². The Morgan fingerprint density at radius 2 is 1.95 bits per heavy atom. The molecule has 0 spiro atoms. The quantitative estimate of drug-likeness (QED) is 0.898. The van der Waals surface area contributed by atoms with Crippen LogP contribution in [0.1, 0.15) is 0 Å². The van der Waals surface area contributed by atoms with Gasteiger partial charge in [0, 0.05) is 32.6 Å². The third-order valence-corrected chi connectivity index (χ3v) is 4.46. The monoisotopic (exact) mass is 327 g/mol. The topological polar surface area (TPSA) is 82.3 Å². The molecular weight excluding hydrogens is 314 g/mol. The first-order valence-electron chi connectivity index (χ1n) is 5.98. The van der Waals surface area contributed by atoms with Gasteiger partial charge < -0.3 is 9.88 Å². The molecule has 21 heavy (non-hydrogen) atoms. The average Bonchev–Trinajstić information content (AvgIpc) is 2.38. The summed E-state index contributed by atoms with van der Waals surface area (Å²) in [6.07, 6.45) is 2.50. The summed E-state index contributed by atoms with van der Waals surface area (Å²) in [5, 5.41) is 0.405. The van der Waals surface area contributed by atoms with E-state index in [4.69, 9.17) is 11.6 Å². The second-order valence-electron chi connectivity index (χ2n) is 4.54. The van der Waals surface area contributed by atoms with Crippen LogP contribution in [0.25, 0.3) is 0 Å². The van der Waals surface area contributed by atoms with Crippen LogP contribution in [-0.2, 0) is 10.0 Å². The fraction of sp³-hybridized carbons (Fsp3) is 0.154. The van der Waals surface area contributed by atoms with E-state index in [2.05, 4.69) is 9.71 Å². The highest BCUT2D eigenvalue weighted by Crippen LogP contribution is 2.28. The van der Waals surface area contributed by atoms with Gasteiger partial charge in [0.05, 0.1) is 16.4 Å². The second-order valence-corrected chi connectivity index (χ2v) is 6.60. The molecule has 1 aromatic heterocycles. The van der Waals surface area contributed by atoms with Crippen LogP contribution in [0.3, 0.4) is 0 Å². The Morgan fingerprint density at radius 3 is 2.52 bits per heavy atom. The molecule has 0 unspecified atom stereocenters. The van der Waals surface area contributed by atoms with E-state index in [0.717, 1.165) is 18.0 Å². The zero-order valence-electron chi connectivity index (χ0n) is 11.4. The molecule has 1 aromatic carbocycles. The predicted molar refractivity (Wildman–Crippen MR) is 83.7 cm³/mol. The van der Waals surface area contributed by atoms with Crippen molar-refractivity contribution in [2.24, 2.45) is 0 Å². The number of halogens is 1. The van der Waals surface area contributed by atoms with Crippen molar-refractivity contribution in [2.75, 3.05) is 23.7 Å². The van der Waals surface area contributed by atoms with Crippen molar-refractivity contribution < 1.29 is 8.42 Å². The van der Waals surface area contributed by atoms with E-state index < -0.39 is 15.5 Å². The summed E-state index contributed by atoms with van der Waals surface area (Å²) >= 11 is 6.09. The highest BCUT2D eigenvalue weighted by Gasteiger charge is 2.18. The van der Waals surface area contributed by atoms with Crippen molar-refractivity contribution in [1.29, 1.82) is 0 Å². The van der Waals surface area contributed by atoms with Crippen LogP contribution in [0.5, 0.6) is 0 Å². The standard InChI is InChI=1S/C13H14ClN3O3S/c1-17(2)11-4-3-9(7-10(11)14)16-21(19,20)13-8-15-6-5-12(13)18/h3-8,16H,1-2H3,(H,15,18). The largest absolute Gasteiger partial charge is 0.376 e. The minimum atomic E-state index is -3.96. The summed E-state index contributed by atoms with van der Waals surface area (Å²) in [6, 6.07) is 5.91. The van der Waals surface area contributed by atoms with Crippen molar-refractivity contribution in [2.45, 2.75) is 4.90 Å². The van der Waals surface area contributed by atoms with Crippen molar-refractivity contribution in [3.05, 3.63) is 51.9 Å². The van der Waals surface area contributed by atoms with Gasteiger partial charge >= 0.3 is 0 Å². The Kier molecular flexibility index (Phi) is 4.24. The van der Waals surface area contributed by atoms with Crippen LogP contribution >= 0.6 is 11.6 Å². The third kappa shape index (κ3) is 3.37. The van der Waals surface area contributed by atoms with Crippen LogP contribution in [0, 0.1) is 0 Å². The molecule has 0 radical (unpaired) electrons. The van der Waals surface area contributed by atoms with Gasteiger partial charge in [0.2, 0.25) is 5.43 Å².